The first-order chi connectivity index (χ1) is 14.9. The maximum absolute atomic E-state index is 13.0. The van der Waals surface area contributed by atoms with E-state index >= 15 is 0 Å². The maximum Gasteiger partial charge on any atom is 0.272 e. The molecule has 0 aromatic carbocycles. The zero-order valence-corrected chi connectivity index (χ0v) is 17.6. The topological polar surface area (TPSA) is 120 Å². The van der Waals surface area contributed by atoms with Gasteiger partial charge in [0.25, 0.3) is 5.91 Å². The van der Waals surface area contributed by atoms with Gasteiger partial charge in [-0.15, -0.1) is 0 Å². The third-order valence-corrected chi connectivity index (χ3v) is 7.17. The first kappa shape index (κ1) is 19.6. The van der Waals surface area contributed by atoms with Gasteiger partial charge in [0, 0.05) is 0 Å². The Hall–Kier alpha value is -3.40. The zero-order valence-electron chi connectivity index (χ0n) is 16.7. The molecule has 1 aliphatic heterocycles. The van der Waals surface area contributed by atoms with Gasteiger partial charge in [0.1, 0.15) is 22.8 Å². The molecular formula is C21H20N4O5S. The first-order valence-corrected chi connectivity index (χ1v) is 11.7. The number of aromatic nitrogens is 3. The Bertz CT molecular complexity index is 1350. The van der Waals surface area contributed by atoms with Crippen molar-refractivity contribution in [3.63, 3.8) is 0 Å². The Labute approximate surface area is 178 Å². The summed E-state index contributed by atoms with van der Waals surface area (Å²) in [5, 5.41) is 2.81. The lowest BCUT2D eigenvalue weighted by molar-refractivity contribution is 0.0945. The number of fused-ring (bicyclic) bond motifs is 1. The molecule has 0 bridgehead atoms. The van der Waals surface area contributed by atoms with Crippen molar-refractivity contribution in [3.05, 3.63) is 60.1 Å². The highest BCUT2D eigenvalue weighted by atomic mass is 32.2. The standard InChI is InChI=1S/C21H20N4O5S/c1-13-23-19-17(25(13)14-6-9-31(27,28)12-14)10-16(18-5-3-8-30-18)24-20(19)21(26)22-11-15-4-2-7-29-15/h2-5,7-8,10,14H,6,9,11-12H2,1H3,(H,22,26). The number of rotatable bonds is 5. The quantitative estimate of drug-likeness (QED) is 0.506. The summed E-state index contributed by atoms with van der Waals surface area (Å²) in [6.45, 7) is 2.02. The number of pyridine rings is 1. The van der Waals surface area contributed by atoms with Crippen LogP contribution in [0.3, 0.4) is 0 Å². The normalized spacial score (nSPS) is 17.9. The molecule has 160 valence electrons. The van der Waals surface area contributed by atoms with Gasteiger partial charge in [-0.25, -0.2) is 18.4 Å². The molecule has 1 unspecified atom stereocenters. The number of hydrogen-bond acceptors (Lipinski definition) is 7. The highest BCUT2D eigenvalue weighted by Crippen LogP contribution is 2.32. The molecule has 1 amide bonds. The molecule has 0 saturated carbocycles. The number of nitrogens with one attached hydrogen (secondary N) is 1. The Balaban J connectivity index is 1.62. The van der Waals surface area contributed by atoms with E-state index in [-0.39, 0.29) is 29.8 Å². The largest absolute Gasteiger partial charge is 0.467 e. The Morgan fingerprint density at radius 2 is 2.03 bits per heavy atom. The summed E-state index contributed by atoms with van der Waals surface area (Å²) in [7, 11) is -3.09. The minimum absolute atomic E-state index is 0.0533. The zero-order chi connectivity index (χ0) is 21.6. The average Bonchev–Trinajstić information content (AvgIpc) is 3.52. The summed E-state index contributed by atoms with van der Waals surface area (Å²) >= 11 is 0. The maximum atomic E-state index is 13.0. The molecular weight excluding hydrogens is 420 g/mol. The van der Waals surface area contributed by atoms with Crippen LogP contribution in [-0.4, -0.2) is 40.4 Å². The summed E-state index contributed by atoms with van der Waals surface area (Å²) in [5.41, 5.74) is 1.71. The van der Waals surface area contributed by atoms with Crippen LogP contribution in [0.25, 0.3) is 22.5 Å². The van der Waals surface area contributed by atoms with Gasteiger partial charge in [0.2, 0.25) is 0 Å². The predicted molar refractivity (Wildman–Crippen MR) is 112 cm³/mol. The van der Waals surface area contributed by atoms with Crippen LogP contribution in [-0.2, 0) is 16.4 Å². The van der Waals surface area contributed by atoms with Crippen LogP contribution in [0, 0.1) is 6.92 Å². The highest BCUT2D eigenvalue weighted by Gasteiger charge is 2.32. The molecule has 1 aliphatic rings. The number of furan rings is 2. The third-order valence-electron chi connectivity index (χ3n) is 5.42. The number of imidazole rings is 1. The number of carbonyl (C=O) groups excluding carboxylic acids is 1. The van der Waals surface area contributed by atoms with Gasteiger partial charge in [-0.05, 0) is 43.7 Å². The molecule has 0 spiro atoms. The van der Waals surface area contributed by atoms with E-state index in [1.807, 2.05) is 11.5 Å². The molecule has 4 aromatic rings. The van der Waals surface area contributed by atoms with Crippen molar-refractivity contribution >= 4 is 26.8 Å². The molecule has 1 N–H and O–H groups in total. The second kappa shape index (κ2) is 7.38. The van der Waals surface area contributed by atoms with E-state index in [0.717, 1.165) is 0 Å². The van der Waals surface area contributed by atoms with Gasteiger partial charge < -0.3 is 18.7 Å². The van der Waals surface area contributed by atoms with E-state index in [0.29, 0.717) is 40.5 Å². The molecule has 1 fully saturated rings. The first-order valence-electron chi connectivity index (χ1n) is 9.86. The van der Waals surface area contributed by atoms with Crippen LogP contribution in [0.15, 0.2) is 51.7 Å². The summed E-state index contributed by atoms with van der Waals surface area (Å²) in [6.07, 6.45) is 3.58. The second-order valence-corrected chi connectivity index (χ2v) is 9.78. The van der Waals surface area contributed by atoms with E-state index in [9.17, 15) is 13.2 Å². The smallest absolute Gasteiger partial charge is 0.272 e. The summed E-state index contributed by atoms with van der Waals surface area (Å²) in [4.78, 5) is 22.1. The molecule has 1 atom stereocenters. The van der Waals surface area contributed by atoms with Gasteiger partial charge >= 0.3 is 0 Å². The molecule has 1 saturated heterocycles. The van der Waals surface area contributed by atoms with Crippen LogP contribution in [0.5, 0.6) is 0 Å². The van der Waals surface area contributed by atoms with E-state index in [2.05, 4.69) is 15.3 Å². The van der Waals surface area contributed by atoms with Crippen molar-refractivity contribution in [2.45, 2.75) is 25.9 Å². The monoisotopic (exact) mass is 440 g/mol. The Morgan fingerprint density at radius 1 is 1.23 bits per heavy atom. The van der Waals surface area contributed by atoms with E-state index in [1.54, 1.807) is 30.3 Å². The van der Waals surface area contributed by atoms with Crippen molar-refractivity contribution in [1.29, 1.82) is 0 Å². The molecule has 0 radical (unpaired) electrons. The number of carbonyl (C=O) groups is 1. The molecule has 9 nitrogen and oxygen atoms in total. The van der Waals surface area contributed by atoms with Gasteiger partial charge in [0.05, 0.1) is 42.1 Å². The van der Waals surface area contributed by atoms with E-state index in [4.69, 9.17) is 8.83 Å². The number of sulfone groups is 1. The van der Waals surface area contributed by atoms with E-state index in [1.165, 1.54) is 12.5 Å². The number of hydrogen-bond donors (Lipinski definition) is 1. The fraction of sp³-hybridized carbons (Fsp3) is 0.286. The predicted octanol–water partition coefficient (Wildman–Crippen LogP) is 2.88. The van der Waals surface area contributed by atoms with Crippen LogP contribution in [0.1, 0.15) is 34.5 Å². The van der Waals surface area contributed by atoms with Crippen molar-refractivity contribution < 1.29 is 22.0 Å². The third kappa shape index (κ3) is 3.63. The second-order valence-electron chi connectivity index (χ2n) is 7.55. The van der Waals surface area contributed by atoms with Gasteiger partial charge in [-0.1, -0.05) is 0 Å². The molecule has 31 heavy (non-hydrogen) atoms. The number of nitrogens with zero attached hydrogens (tertiary/aromatic N) is 3. The minimum Gasteiger partial charge on any atom is -0.467 e. The van der Waals surface area contributed by atoms with Gasteiger partial charge in [-0.3, -0.25) is 4.79 Å². The van der Waals surface area contributed by atoms with Crippen molar-refractivity contribution in [3.8, 4) is 11.5 Å². The van der Waals surface area contributed by atoms with Gasteiger partial charge in [0.15, 0.2) is 21.3 Å². The van der Waals surface area contributed by atoms with Crippen molar-refractivity contribution in [2.75, 3.05) is 11.5 Å². The molecule has 5 rings (SSSR count). The lowest BCUT2D eigenvalue weighted by Crippen LogP contribution is -2.24. The summed E-state index contributed by atoms with van der Waals surface area (Å²) in [5.74, 6) is 1.55. The number of amides is 1. The average molecular weight is 440 g/mol. The molecule has 10 heteroatoms. The fourth-order valence-corrected chi connectivity index (χ4v) is 5.72. The molecule has 4 aromatic heterocycles. The Morgan fingerprint density at radius 3 is 2.71 bits per heavy atom. The van der Waals surface area contributed by atoms with Crippen molar-refractivity contribution in [2.24, 2.45) is 0 Å². The van der Waals surface area contributed by atoms with Gasteiger partial charge in [-0.2, -0.15) is 0 Å². The fourth-order valence-electron chi connectivity index (χ4n) is 4.02. The minimum atomic E-state index is -3.09. The van der Waals surface area contributed by atoms with Crippen LogP contribution in [0.2, 0.25) is 0 Å². The number of aryl methyl sites for hydroxylation is 1. The Kier molecular flexibility index (Phi) is 4.66. The summed E-state index contributed by atoms with van der Waals surface area (Å²) in [6, 6.07) is 8.57. The lowest BCUT2D eigenvalue weighted by atomic mass is 10.2. The van der Waals surface area contributed by atoms with Crippen LogP contribution >= 0.6 is 0 Å². The SMILES string of the molecule is Cc1nc2c(C(=O)NCc3ccco3)nc(-c3ccco3)cc2n1C1CCS(=O)(=O)C1. The highest BCUT2D eigenvalue weighted by molar-refractivity contribution is 7.91. The van der Waals surface area contributed by atoms with Crippen LogP contribution in [0.4, 0.5) is 0 Å². The van der Waals surface area contributed by atoms with Crippen LogP contribution < -0.4 is 5.32 Å². The lowest BCUT2D eigenvalue weighted by Gasteiger charge is -2.14. The molecule has 5 heterocycles. The van der Waals surface area contributed by atoms with E-state index < -0.39 is 15.7 Å². The van der Waals surface area contributed by atoms with Crippen molar-refractivity contribution in [1.82, 2.24) is 19.9 Å². The molecule has 0 aliphatic carbocycles. The summed E-state index contributed by atoms with van der Waals surface area (Å²) < 4.78 is 36.8.